The lowest BCUT2D eigenvalue weighted by atomic mass is 9.90. The van der Waals surface area contributed by atoms with Crippen molar-refractivity contribution in [3.63, 3.8) is 0 Å². The number of amides is 3. The number of anilines is 1. The van der Waals surface area contributed by atoms with Crippen LogP contribution in [0.1, 0.15) is 22.6 Å². The van der Waals surface area contributed by atoms with Gasteiger partial charge in [-0.25, -0.2) is 9.69 Å². The molecule has 0 aromatic heterocycles. The normalized spacial score (nSPS) is 16.4. The summed E-state index contributed by atoms with van der Waals surface area (Å²) in [4.78, 5) is 27.2. The maximum atomic E-state index is 13.4. The zero-order valence-electron chi connectivity index (χ0n) is 17.5. The van der Waals surface area contributed by atoms with Gasteiger partial charge in [-0.05, 0) is 41.5 Å². The fourth-order valence-corrected chi connectivity index (χ4v) is 4.40. The average Bonchev–Trinajstić information content (AvgIpc) is 3.10. The quantitative estimate of drug-likeness (QED) is 0.474. The van der Waals surface area contributed by atoms with Crippen LogP contribution in [0.3, 0.4) is 0 Å². The number of carbonyl (C=O) groups is 2. The van der Waals surface area contributed by atoms with E-state index in [1.807, 2.05) is 42.5 Å². The Morgan fingerprint density at radius 3 is 2.30 bits per heavy atom. The Morgan fingerprint density at radius 1 is 1.00 bits per heavy atom. The summed E-state index contributed by atoms with van der Waals surface area (Å²) in [5.41, 5.74) is 2.77. The third-order valence-electron chi connectivity index (χ3n) is 5.48. The minimum atomic E-state index is -0.800. The minimum absolute atomic E-state index is 0.313. The van der Waals surface area contributed by atoms with Crippen molar-refractivity contribution in [3.05, 3.63) is 99.5 Å². The Hall–Kier alpha value is -3.37. The molecule has 3 aromatic carbocycles. The molecule has 0 spiro atoms. The first kappa shape index (κ1) is 22.8. The molecule has 0 radical (unpaired) electrons. The van der Waals surface area contributed by atoms with Crippen LogP contribution in [0.5, 0.6) is 0 Å². The molecule has 33 heavy (non-hydrogen) atoms. The van der Waals surface area contributed by atoms with Crippen molar-refractivity contribution < 1.29 is 9.59 Å². The van der Waals surface area contributed by atoms with Crippen LogP contribution in [0.25, 0.3) is 0 Å². The highest BCUT2D eigenvalue weighted by molar-refractivity contribution is 6.35. The topological polar surface area (TPSA) is 85.2 Å². The highest BCUT2D eigenvalue weighted by Gasteiger charge is 2.43. The van der Waals surface area contributed by atoms with E-state index in [0.29, 0.717) is 34.4 Å². The predicted octanol–water partition coefficient (Wildman–Crippen LogP) is 4.86. The molecule has 1 aliphatic rings. The highest BCUT2D eigenvalue weighted by atomic mass is 35.5. The zero-order chi connectivity index (χ0) is 23.4. The van der Waals surface area contributed by atoms with Gasteiger partial charge in [-0.15, -0.1) is 0 Å². The van der Waals surface area contributed by atoms with Crippen molar-refractivity contribution in [1.82, 2.24) is 10.6 Å². The van der Waals surface area contributed by atoms with Crippen LogP contribution < -0.4 is 15.5 Å². The van der Waals surface area contributed by atoms with E-state index in [9.17, 15) is 9.59 Å². The van der Waals surface area contributed by atoms with Gasteiger partial charge in [-0.2, -0.15) is 5.26 Å². The molecule has 0 bridgehead atoms. The first-order valence-corrected chi connectivity index (χ1v) is 11.1. The van der Waals surface area contributed by atoms with E-state index in [2.05, 4.69) is 16.7 Å². The van der Waals surface area contributed by atoms with Crippen molar-refractivity contribution in [2.24, 2.45) is 0 Å². The fourth-order valence-electron chi connectivity index (χ4n) is 3.88. The molecule has 1 heterocycles. The molecule has 4 rings (SSSR count). The van der Waals surface area contributed by atoms with Gasteiger partial charge in [0.25, 0.3) is 5.91 Å². The number of nitriles is 1. The molecule has 1 fully saturated rings. The summed E-state index contributed by atoms with van der Waals surface area (Å²) in [6.45, 7) is 1.04. The number of imide groups is 1. The number of nitrogens with zero attached hydrogens (tertiary/aromatic N) is 2. The Morgan fingerprint density at radius 2 is 1.67 bits per heavy atom. The SMILES string of the molecule is N#Cc1ccc([C@H](CNCc2ccccc2)C2NC(=O)N(c3cc(Cl)cc(Cl)c3)C2=O)cc1. The van der Waals surface area contributed by atoms with Crippen LogP contribution >= 0.6 is 23.2 Å². The van der Waals surface area contributed by atoms with E-state index in [1.54, 1.807) is 12.1 Å². The van der Waals surface area contributed by atoms with Gasteiger partial charge in [0, 0.05) is 29.1 Å². The number of halogens is 2. The smallest absolute Gasteiger partial charge is 0.325 e. The van der Waals surface area contributed by atoms with E-state index in [1.165, 1.54) is 18.2 Å². The number of rotatable bonds is 7. The summed E-state index contributed by atoms with van der Waals surface area (Å²) >= 11 is 12.2. The Balaban J connectivity index is 1.60. The lowest BCUT2D eigenvalue weighted by Crippen LogP contribution is -2.40. The third kappa shape index (κ3) is 5.18. The molecule has 3 aromatic rings. The third-order valence-corrected chi connectivity index (χ3v) is 5.92. The lowest BCUT2D eigenvalue weighted by Gasteiger charge is -2.23. The highest BCUT2D eigenvalue weighted by Crippen LogP contribution is 2.31. The Labute approximate surface area is 201 Å². The van der Waals surface area contributed by atoms with Crippen molar-refractivity contribution in [1.29, 1.82) is 5.26 Å². The number of urea groups is 1. The van der Waals surface area contributed by atoms with Crippen LogP contribution in [0, 0.1) is 11.3 Å². The molecule has 2 N–H and O–H groups in total. The summed E-state index contributed by atoms with van der Waals surface area (Å²) in [5, 5.41) is 16.0. The molecule has 166 valence electrons. The molecular weight excluding hydrogens is 459 g/mol. The van der Waals surface area contributed by atoms with Gasteiger partial charge in [0.05, 0.1) is 17.3 Å². The predicted molar refractivity (Wildman–Crippen MR) is 128 cm³/mol. The molecule has 1 unspecified atom stereocenters. The largest absolute Gasteiger partial charge is 0.329 e. The van der Waals surface area contributed by atoms with Crippen molar-refractivity contribution in [2.45, 2.75) is 18.5 Å². The Bertz CT molecular complexity index is 1190. The van der Waals surface area contributed by atoms with Crippen molar-refractivity contribution in [2.75, 3.05) is 11.4 Å². The molecule has 3 amide bonds. The van der Waals surface area contributed by atoms with Gasteiger partial charge in [0.2, 0.25) is 0 Å². The summed E-state index contributed by atoms with van der Waals surface area (Å²) in [5.74, 6) is -0.758. The molecule has 6 nitrogen and oxygen atoms in total. The number of benzene rings is 3. The van der Waals surface area contributed by atoms with E-state index >= 15 is 0 Å². The van der Waals surface area contributed by atoms with Gasteiger partial charge in [0.15, 0.2) is 0 Å². The number of hydrogen-bond acceptors (Lipinski definition) is 4. The van der Waals surface area contributed by atoms with Gasteiger partial charge >= 0.3 is 6.03 Å². The average molecular weight is 479 g/mol. The molecule has 8 heteroatoms. The standard InChI is InChI=1S/C25H20Cl2N4O2/c26-19-10-20(27)12-21(11-19)31-24(32)23(30-25(31)33)22(18-8-6-16(13-28)7-9-18)15-29-14-17-4-2-1-3-5-17/h1-12,22-23,29H,14-15H2,(H,30,33)/t22-,23?/m0/s1. The lowest BCUT2D eigenvalue weighted by molar-refractivity contribution is -0.118. The van der Waals surface area contributed by atoms with Gasteiger partial charge < -0.3 is 10.6 Å². The molecule has 0 aliphatic carbocycles. The second kappa shape index (κ2) is 10.1. The maximum Gasteiger partial charge on any atom is 0.329 e. The molecular formula is C25H20Cl2N4O2. The van der Waals surface area contributed by atoms with Crippen molar-refractivity contribution in [3.8, 4) is 6.07 Å². The number of carbonyl (C=O) groups excluding carboxylic acids is 2. The second-order valence-electron chi connectivity index (χ2n) is 7.69. The zero-order valence-corrected chi connectivity index (χ0v) is 19.0. The van der Waals surface area contributed by atoms with E-state index in [-0.39, 0.29) is 5.92 Å². The summed E-state index contributed by atoms with van der Waals surface area (Å²) in [6.07, 6.45) is 0. The fraction of sp³-hybridized carbons (Fsp3) is 0.160. The summed E-state index contributed by atoms with van der Waals surface area (Å²) < 4.78 is 0. The summed E-state index contributed by atoms with van der Waals surface area (Å²) in [7, 11) is 0. The van der Waals surface area contributed by atoms with Crippen molar-refractivity contribution >= 4 is 40.8 Å². The van der Waals surface area contributed by atoms with Crippen LogP contribution in [0.2, 0.25) is 10.0 Å². The van der Waals surface area contributed by atoms with Crippen LogP contribution in [-0.4, -0.2) is 24.5 Å². The molecule has 1 saturated heterocycles. The molecule has 2 atom stereocenters. The second-order valence-corrected chi connectivity index (χ2v) is 8.56. The van der Waals surface area contributed by atoms with Crippen LogP contribution in [0.15, 0.2) is 72.8 Å². The van der Waals surface area contributed by atoms with E-state index < -0.39 is 18.0 Å². The minimum Gasteiger partial charge on any atom is -0.325 e. The monoisotopic (exact) mass is 478 g/mol. The van der Waals surface area contributed by atoms with Gasteiger partial charge in [0.1, 0.15) is 6.04 Å². The molecule has 0 saturated carbocycles. The van der Waals surface area contributed by atoms with Crippen LogP contribution in [0.4, 0.5) is 10.5 Å². The van der Waals surface area contributed by atoms with Crippen LogP contribution in [-0.2, 0) is 11.3 Å². The first-order valence-electron chi connectivity index (χ1n) is 10.3. The number of hydrogen-bond donors (Lipinski definition) is 2. The summed E-state index contributed by atoms with van der Waals surface area (Å²) in [6, 6.07) is 22.3. The van der Waals surface area contributed by atoms with Gasteiger partial charge in [-0.3, -0.25) is 4.79 Å². The van der Waals surface area contributed by atoms with E-state index in [4.69, 9.17) is 28.5 Å². The maximum absolute atomic E-state index is 13.4. The van der Waals surface area contributed by atoms with E-state index in [0.717, 1.165) is 16.0 Å². The number of nitrogens with one attached hydrogen (secondary N) is 2. The molecule has 1 aliphatic heterocycles. The van der Waals surface area contributed by atoms with Gasteiger partial charge in [-0.1, -0.05) is 65.7 Å². The Kier molecular flexibility index (Phi) is 6.95. The first-order chi connectivity index (χ1) is 16.0.